The van der Waals surface area contributed by atoms with Crippen molar-refractivity contribution >= 4 is 17.7 Å². The zero-order chi connectivity index (χ0) is 24.4. The lowest BCUT2D eigenvalue weighted by Gasteiger charge is -2.30. The number of hydrogen-bond acceptors (Lipinski definition) is 5. The van der Waals surface area contributed by atoms with Crippen LogP contribution in [0, 0.1) is 6.92 Å². The number of carbonyl (C=O) groups is 3. The van der Waals surface area contributed by atoms with E-state index in [1.54, 1.807) is 11.0 Å². The van der Waals surface area contributed by atoms with Gasteiger partial charge in [-0.1, -0.05) is 37.0 Å². The maximum atomic E-state index is 12.3. The summed E-state index contributed by atoms with van der Waals surface area (Å²) in [6, 6.07) is 6.60. The molecule has 186 valence electrons. The molecule has 3 amide bonds. The van der Waals surface area contributed by atoms with E-state index in [-0.39, 0.29) is 24.1 Å². The molecule has 3 heterocycles. The molecule has 8 nitrogen and oxygen atoms in total. The van der Waals surface area contributed by atoms with Gasteiger partial charge >= 0.3 is 0 Å². The maximum Gasteiger partial charge on any atom is 0.255 e. The summed E-state index contributed by atoms with van der Waals surface area (Å²) in [4.78, 5) is 36.8. The highest BCUT2D eigenvalue weighted by atomic mass is 16.2. The first-order chi connectivity index (χ1) is 17.0. The summed E-state index contributed by atoms with van der Waals surface area (Å²) in [6.07, 6.45) is 13.3. The molecule has 1 aromatic heterocycles. The minimum absolute atomic E-state index is 0.121. The summed E-state index contributed by atoms with van der Waals surface area (Å²) in [5, 5.41) is 13.4. The van der Waals surface area contributed by atoms with E-state index in [9.17, 15) is 14.4 Å². The highest BCUT2D eigenvalue weighted by Crippen LogP contribution is 2.28. The molecule has 2 atom stereocenters. The van der Waals surface area contributed by atoms with Crippen molar-refractivity contribution in [2.45, 2.75) is 95.8 Å². The molecule has 8 heteroatoms. The number of piperidine rings is 1. The number of aromatic amines is 1. The second kappa shape index (κ2) is 10.3. The van der Waals surface area contributed by atoms with Crippen LogP contribution in [0.5, 0.6) is 0 Å². The van der Waals surface area contributed by atoms with E-state index in [0.717, 1.165) is 23.6 Å². The van der Waals surface area contributed by atoms with Crippen molar-refractivity contribution < 1.29 is 14.4 Å². The van der Waals surface area contributed by atoms with Crippen LogP contribution in [0.3, 0.4) is 0 Å². The first kappa shape index (κ1) is 23.7. The van der Waals surface area contributed by atoms with Crippen molar-refractivity contribution in [2.75, 3.05) is 0 Å². The van der Waals surface area contributed by atoms with Crippen molar-refractivity contribution in [1.29, 1.82) is 0 Å². The van der Waals surface area contributed by atoms with Crippen LogP contribution in [-0.4, -0.2) is 50.9 Å². The molecule has 6 rings (SSSR count). The number of benzene rings is 1. The topological polar surface area (TPSA) is 107 Å². The van der Waals surface area contributed by atoms with E-state index in [0.29, 0.717) is 24.6 Å². The second-order valence-corrected chi connectivity index (χ2v) is 10.4. The summed E-state index contributed by atoms with van der Waals surface area (Å²) in [7, 11) is 0. The van der Waals surface area contributed by atoms with Crippen molar-refractivity contribution in [3.05, 3.63) is 52.3 Å². The van der Waals surface area contributed by atoms with Gasteiger partial charge in [0, 0.05) is 42.7 Å². The normalized spacial score (nSPS) is 24.4. The van der Waals surface area contributed by atoms with Crippen LogP contribution in [0.25, 0.3) is 0 Å². The Labute approximate surface area is 206 Å². The van der Waals surface area contributed by atoms with Crippen LogP contribution >= 0.6 is 0 Å². The zero-order valence-corrected chi connectivity index (χ0v) is 20.4. The molecule has 35 heavy (non-hydrogen) atoms. The van der Waals surface area contributed by atoms with Crippen LogP contribution in [0.4, 0.5) is 0 Å². The molecule has 2 aliphatic carbocycles. The quantitative estimate of drug-likeness (QED) is 0.589. The maximum absolute atomic E-state index is 12.3. The van der Waals surface area contributed by atoms with Gasteiger partial charge in [-0.05, 0) is 56.2 Å². The molecule has 0 radical (unpaired) electrons. The summed E-state index contributed by atoms with van der Waals surface area (Å²) < 4.78 is 0. The van der Waals surface area contributed by atoms with Gasteiger partial charge in [0.15, 0.2) is 0 Å². The molecule has 1 saturated heterocycles. The van der Waals surface area contributed by atoms with Crippen LogP contribution in [0.15, 0.2) is 24.4 Å². The SMILES string of the molecule is Cc1ccc2c(c1)CN(C1CCC(=O)NC1=O)C2=O.c1n[nH]c2c1CCC(NC1CCCCC1)C2. The molecular weight excluding hydrogens is 442 g/mol. The van der Waals surface area contributed by atoms with Crippen molar-refractivity contribution in [2.24, 2.45) is 0 Å². The minimum Gasteiger partial charge on any atom is -0.322 e. The number of nitrogens with one attached hydrogen (secondary N) is 3. The molecule has 2 unspecified atom stereocenters. The van der Waals surface area contributed by atoms with Crippen LogP contribution in [0.2, 0.25) is 0 Å². The number of amides is 3. The number of imide groups is 1. The Bertz CT molecular complexity index is 1100. The predicted octanol–water partition coefficient (Wildman–Crippen LogP) is 2.95. The average Bonchev–Trinajstić information content (AvgIpc) is 3.44. The number of H-pyrrole nitrogens is 1. The van der Waals surface area contributed by atoms with Gasteiger partial charge in [0.05, 0.1) is 6.20 Å². The average molecular weight is 478 g/mol. The van der Waals surface area contributed by atoms with E-state index in [4.69, 9.17) is 0 Å². The van der Waals surface area contributed by atoms with Gasteiger partial charge in [-0.2, -0.15) is 5.10 Å². The first-order valence-electron chi connectivity index (χ1n) is 13.0. The molecule has 2 aromatic rings. The van der Waals surface area contributed by atoms with Crippen LogP contribution in [-0.2, 0) is 29.0 Å². The Morgan fingerprint density at radius 2 is 1.80 bits per heavy atom. The Morgan fingerprint density at radius 3 is 2.60 bits per heavy atom. The Kier molecular flexibility index (Phi) is 7.00. The molecule has 2 fully saturated rings. The van der Waals surface area contributed by atoms with Gasteiger partial charge in [-0.25, -0.2) is 0 Å². The summed E-state index contributed by atoms with van der Waals surface area (Å²) in [5.74, 6) is -0.750. The highest BCUT2D eigenvalue weighted by Gasteiger charge is 2.38. The Balaban J connectivity index is 0.000000147. The standard InChI is InChI=1S/C14H14N2O3.C13H21N3/c1-8-2-3-10-9(6-8)7-16(14(10)19)11-4-5-12(17)15-13(11)18;1-2-4-11(5-3-1)15-12-7-6-10-9-14-16-13(10)8-12/h2-3,6,11H,4-5,7H2,1H3,(H,15,17,18);9,11-12,15H,1-8H2,(H,14,16). The van der Waals surface area contributed by atoms with E-state index in [1.165, 1.54) is 56.2 Å². The second-order valence-electron chi connectivity index (χ2n) is 10.4. The molecule has 1 aromatic carbocycles. The third-order valence-electron chi connectivity index (χ3n) is 7.78. The fourth-order valence-corrected chi connectivity index (χ4v) is 5.86. The summed E-state index contributed by atoms with van der Waals surface area (Å²) in [6.45, 7) is 2.42. The van der Waals surface area contributed by atoms with E-state index >= 15 is 0 Å². The van der Waals surface area contributed by atoms with Gasteiger partial charge in [0.1, 0.15) is 6.04 Å². The lowest BCUT2D eigenvalue weighted by atomic mass is 9.90. The van der Waals surface area contributed by atoms with Gasteiger partial charge in [-0.15, -0.1) is 0 Å². The number of carbonyl (C=O) groups excluding carboxylic acids is 3. The van der Waals surface area contributed by atoms with Crippen LogP contribution in [0.1, 0.15) is 84.1 Å². The van der Waals surface area contributed by atoms with Crippen molar-refractivity contribution in [3.8, 4) is 0 Å². The summed E-state index contributed by atoms with van der Waals surface area (Å²) >= 11 is 0. The molecule has 3 N–H and O–H groups in total. The van der Waals surface area contributed by atoms with E-state index in [1.807, 2.05) is 25.3 Å². The molecule has 0 spiro atoms. The fourth-order valence-electron chi connectivity index (χ4n) is 5.86. The van der Waals surface area contributed by atoms with E-state index in [2.05, 4.69) is 20.8 Å². The molecule has 2 aliphatic heterocycles. The van der Waals surface area contributed by atoms with Gasteiger partial charge in [-0.3, -0.25) is 24.8 Å². The number of nitrogens with zero attached hydrogens (tertiary/aromatic N) is 2. The monoisotopic (exact) mass is 477 g/mol. The number of hydrogen-bond donors (Lipinski definition) is 3. The molecule has 4 aliphatic rings. The number of aromatic nitrogens is 2. The lowest BCUT2D eigenvalue weighted by molar-refractivity contribution is -0.136. The predicted molar refractivity (Wildman–Crippen MR) is 132 cm³/mol. The third-order valence-corrected chi connectivity index (χ3v) is 7.78. The van der Waals surface area contributed by atoms with E-state index < -0.39 is 6.04 Å². The molecule has 0 bridgehead atoms. The zero-order valence-electron chi connectivity index (χ0n) is 20.4. The molecule has 1 saturated carbocycles. The first-order valence-corrected chi connectivity index (χ1v) is 13.0. The van der Waals surface area contributed by atoms with Crippen molar-refractivity contribution in [3.63, 3.8) is 0 Å². The van der Waals surface area contributed by atoms with Crippen molar-refractivity contribution in [1.82, 2.24) is 25.7 Å². The summed E-state index contributed by atoms with van der Waals surface area (Å²) in [5.41, 5.74) is 5.50. The Hall–Kier alpha value is -3.00. The smallest absolute Gasteiger partial charge is 0.255 e. The van der Waals surface area contributed by atoms with Gasteiger partial charge in [0.2, 0.25) is 11.8 Å². The Morgan fingerprint density at radius 1 is 0.971 bits per heavy atom. The van der Waals surface area contributed by atoms with Gasteiger partial charge < -0.3 is 10.2 Å². The van der Waals surface area contributed by atoms with Crippen LogP contribution < -0.4 is 10.6 Å². The number of rotatable bonds is 3. The number of fused-ring (bicyclic) bond motifs is 2. The largest absolute Gasteiger partial charge is 0.322 e. The molecular formula is C27H35N5O3. The minimum atomic E-state index is -0.530. The fraction of sp³-hybridized carbons (Fsp3) is 0.556. The van der Waals surface area contributed by atoms with Gasteiger partial charge in [0.25, 0.3) is 5.91 Å². The highest BCUT2D eigenvalue weighted by molar-refractivity contribution is 6.05. The lowest BCUT2D eigenvalue weighted by Crippen LogP contribution is -2.52. The third kappa shape index (κ3) is 5.32. The number of aryl methyl sites for hydroxylation is 2.